The Morgan fingerprint density at radius 2 is 1.82 bits per heavy atom. The number of benzene rings is 1. The Bertz CT molecular complexity index is 354. The van der Waals surface area contributed by atoms with Crippen LogP contribution in [0.4, 0.5) is 0 Å². The number of rotatable bonds is 4. The maximum Gasteiger partial charge on any atom is 0.0712 e. The predicted molar refractivity (Wildman–Crippen MR) is 73.1 cm³/mol. The molecule has 1 aromatic carbocycles. The second kappa shape index (κ2) is 5.65. The number of hydrogen-bond acceptors (Lipinski definition) is 2. The van der Waals surface area contributed by atoms with Gasteiger partial charge in [-0.15, -0.1) is 0 Å². The molecule has 0 bridgehead atoms. The Labute approximate surface area is 105 Å². The Morgan fingerprint density at radius 1 is 1.24 bits per heavy atom. The van der Waals surface area contributed by atoms with Crippen LogP contribution in [0, 0.1) is 12.3 Å². The first-order valence-corrected chi connectivity index (χ1v) is 6.29. The highest BCUT2D eigenvalue weighted by Gasteiger charge is 2.22. The highest BCUT2D eigenvalue weighted by Crippen LogP contribution is 2.20. The smallest absolute Gasteiger partial charge is 0.0712 e. The van der Waals surface area contributed by atoms with Crippen LogP contribution in [0.3, 0.4) is 0 Å². The summed E-state index contributed by atoms with van der Waals surface area (Å²) in [5.41, 5.74) is 2.52. The van der Waals surface area contributed by atoms with Crippen LogP contribution in [0.15, 0.2) is 24.3 Å². The lowest BCUT2D eigenvalue weighted by Crippen LogP contribution is -2.37. The summed E-state index contributed by atoms with van der Waals surface area (Å²) in [7, 11) is 0. The second-order valence-corrected chi connectivity index (χ2v) is 5.87. The number of aryl methyl sites for hydroxylation is 1. The van der Waals surface area contributed by atoms with Crippen molar-refractivity contribution in [3.8, 4) is 0 Å². The minimum absolute atomic E-state index is 0.0710. The standard InChI is InChI=1S/C15H25NO/c1-11-8-6-7-9-13(11)12(2)16-10-14(17)15(3,4)5/h6-9,12,14,16-17H,10H2,1-5H3. The van der Waals surface area contributed by atoms with E-state index >= 15 is 0 Å². The molecule has 0 amide bonds. The third-order valence-corrected chi connectivity index (χ3v) is 3.27. The van der Waals surface area contributed by atoms with E-state index in [1.54, 1.807) is 0 Å². The van der Waals surface area contributed by atoms with Crippen LogP contribution >= 0.6 is 0 Å². The summed E-state index contributed by atoms with van der Waals surface area (Å²) >= 11 is 0. The van der Waals surface area contributed by atoms with Gasteiger partial charge in [0.05, 0.1) is 6.10 Å². The molecule has 0 fully saturated rings. The van der Waals surface area contributed by atoms with Gasteiger partial charge in [0.1, 0.15) is 0 Å². The Kier molecular flexibility index (Phi) is 4.72. The maximum atomic E-state index is 9.99. The summed E-state index contributed by atoms with van der Waals surface area (Å²) < 4.78 is 0. The first kappa shape index (κ1) is 14.2. The van der Waals surface area contributed by atoms with Crippen molar-refractivity contribution in [2.75, 3.05) is 6.54 Å². The van der Waals surface area contributed by atoms with Crippen LogP contribution in [0.5, 0.6) is 0 Å². The van der Waals surface area contributed by atoms with Crippen LogP contribution in [0.2, 0.25) is 0 Å². The van der Waals surface area contributed by atoms with Crippen molar-refractivity contribution in [2.24, 2.45) is 5.41 Å². The Balaban J connectivity index is 2.57. The molecule has 2 nitrogen and oxygen atoms in total. The molecule has 0 aliphatic carbocycles. The van der Waals surface area contributed by atoms with Gasteiger partial charge in [-0.05, 0) is 30.4 Å². The summed E-state index contributed by atoms with van der Waals surface area (Å²) in [6, 6.07) is 8.63. The lowest BCUT2D eigenvalue weighted by atomic mass is 9.89. The molecule has 0 spiro atoms. The zero-order valence-electron chi connectivity index (χ0n) is 11.6. The van der Waals surface area contributed by atoms with Gasteiger partial charge in [-0.1, -0.05) is 45.0 Å². The summed E-state index contributed by atoms with van der Waals surface area (Å²) in [5, 5.41) is 13.4. The minimum atomic E-state index is -0.325. The van der Waals surface area contributed by atoms with E-state index in [0.29, 0.717) is 6.54 Å². The zero-order valence-corrected chi connectivity index (χ0v) is 11.6. The number of hydrogen-bond donors (Lipinski definition) is 2. The van der Waals surface area contributed by atoms with E-state index in [1.807, 2.05) is 0 Å². The molecule has 0 radical (unpaired) electrons. The van der Waals surface area contributed by atoms with E-state index in [-0.39, 0.29) is 17.6 Å². The molecule has 2 N–H and O–H groups in total. The topological polar surface area (TPSA) is 32.3 Å². The Morgan fingerprint density at radius 3 is 2.35 bits per heavy atom. The summed E-state index contributed by atoms with van der Waals surface area (Å²) in [6.45, 7) is 11.0. The third kappa shape index (κ3) is 4.14. The van der Waals surface area contributed by atoms with Crippen molar-refractivity contribution in [3.63, 3.8) is 0 Å². The molecule has 0 aliphatic rings. The Hall–Kier alpha value is -0.860. The molecule has 0 aromatic heterocycles. The SMILES string of the molecule is Cc1ccccc1C(C)NCC(O)C(C)(C)C. The first-order valence-electron chi connectivity index (χ1n) is 6.29. The van der Waals surface area contributed by atoms with Crippen molar-refractivity contribution in [1.29, 1.82) is 0 Å². The highest BCUT2D eigenvalue weighted by atomic mass is 16.3. The first-order chi connectivity index (χ1) is 7.82. The van der Waals surface area contributed by atoms with Gasteiger partial charge < -0.3 is 10.4 Å². The van der Waals surface area contributed by atoms with E-state index in [1.165, 1.54) is 11.1 Å². The fraction of sp³-hybridized carbons (Fsp3) is 0.600. The predicted octanol–water partition coefficient (Wildman–Crippen LogP) is 3.05. The molecule has 0 heterocycles. The van der Waals surface area contributed by atoms with Crippen LogP contribution in [0.1, 0.15) is 44.9 Å². The monoisotopic (exact) mass is 235 g/mol. The molecule has 2 heteroatoms. The fourth-order valence-electron chi connectivity index (χ4n) is 1.78. The molecule has 2 unspecified atom stereocenters. The van der Waals surface area contributed by atoms with Gasteiger partial charge in [0, 0.05) is 12.6 Å². The van der Waals surface area contributed by atoms with Crippen LogP contribution in [-0.4, -0.2) is 17.8 Å². The van der Waals surface area contributed by atoms with E-state index in [2.05, 4.69) is 64.2 Å². The average molecular weight is 235 g/mol. The molecule has 1 rings (SSSR count). The van der Waals surface area contributed by atoms with E-state index < -0.39 is 0 Å². The summed E-state index contributed by atoms with van der Waals surface area (Å²) in [6.07, 6.45) is -0.325. The fourth-order valence-corrected chi connectivity index (χ4v) is 1.78. The van der Waals surface area contributed by atoms with Gasteiger partial charge in [-0.3, -0.25) is 0 Å². The van der Waals surface area contributed by atoms with E-state index in [4.69, 9.17) is 0 Å². The van der Waals surface area contributed by atoms with Crippen molar-refractivity contribution >= 4 is 0 Å². The van der Waals surface area contributed by atoms with Crippen LogP contribution in [0.25, 0.3) is 0 Å². The summed E-state index contributed by atoms with van der Waals surface area (Å²) in [4.78, 5) is 0. The normalized spacial score (nSPS) is 15.6. The van der Waals surface area contributed by atoms with Crippen LogP contribution in [-0.2, 0) is 0 Å². The number of aliphatic hydroxyl groups excluding tert-OH is 1. The lowest BCUT2D eigenvalue weighted by Gasteiger charge is -2.28. The van der Waals surface area contributed by atoms with Crippen molar-refractivity contribution in [3.05, 3.63) is 35.4 Å². The molecule has 1 aromatic rings. The van der Waals surface area contributed by atoms with Crippen molar-refractivity contribution in [2.45, 2.75) is 46.8 Å². The zero-order chi connectivity index (χ0) is 13.1. The molecule has 96 valence electrons. The summed E-state index contributed by atoms with van der Waals surface area (Å²) in [5.74, 6) is 0. The van der Waals surface area contributed by atoms with Crippen molar-refractivity contribution < 1.29 is 5.11 Å². The molecule has 0 saturated carbocycles. The second-order valence-electron chi connectivity index (χ2n) is 5.87. The van der Waals surface area contributed by atoms with Gasteiger partial charge in [0.25, 0.3) is 0 Å². The van der Waals surface area contributed by atoms with E-state index in [0.717, 1.165) is 0 Å². The molecule has 0 aliphatic heterocycles. The lowest BCUT2D eigenvalue weighted by molar-refractivity contribution is 0.0609. The quantitative estimate of drug-likeness (QED) is 0.840. The van der Waals surface area contributed by atoms with Gasteiger partial charge in [-0.25, -0.2) is 0 Å². The van der Waals surface area contributed by atoms with Gasteiger partial charge in [0.15, 0.2) is 0 Å². The highest BCUT2D eigenvalue weighted by molar-refractivity contribution is 5.28. The largest absolute Gasteiger partial charge is 0.391 e. The maximum absolute atomic E-state index is 9.99. The van der Waals surface area contributed by atoms with Gasteiger partial charge in [0.2, 0.25) is 0 Å². The van der Waals surface area contributed by atoms with Gasteiger partial charge >= 0.3 is 0 Å². The number of aliphatic hydroxyl groups is 1. The number of nitrogens with one attached hydrogen (secondary N) is 1. The minimum Gasteiger partial charge on any atom is -0.391 e. The van der Waals surface area contributed by atoms with Gasteiger partial charge in [-0.2, -0.15) is 0 Å². The molecular weight excluding hydrogens is 210 g/mol. The van der Waals surface area contributed by atoms with E-state index in [9.17, 15) is 5.11 Å². The van der Waals surface area contributed by atoms with Crippen LogP contribution < -0.4 is 5.32 Å². The molecular formula is C15H25NO. The molecule has 0 saturated heterocycles. The average Bonchev–Trinajstić information content (AvgIpc) is 2.24. The van der Waals surface area contributed by atoms with Crippen molar-refractivity contribution in [1.82, 2.24) is 5.32 Å². The molecule has 2 atom stereocenters. The third-order valence-electron chi connectivity index (χ3n) is 3.27. The molecule has 17 heavy (non-hydrogen) atoms.